The molecule has 0 spiro atoms. The van der Waals surface area contributed by atoms with E-state index in [9.17, 15) is 0 Å². The molecule has 3 aromatic rings. The maximum atomic E-state index is 4.43. The summed E-state index contributed by atoms with van der Waals surface area (Å²) in [5.41, 5.74) is 3.23. The van der Waals surface area contributed by atoms with Crippen LogP contribution in [0.5, 0.6) is 0 Å². The number of benzene rings is 1. The van der Waals surface area contributed by atoms with Crippen LogP contribution in [-0.4, -0.2) is 26.3 Å². The lowest BCUT2D eigenvalue weighted by Gasteiger charge is -2.10. The molecule has 0 saturated carbocycles. The normalized spacial score (nSPS) is 11.3. The summed E-state index contributed by atoms with van der Waals surface area (Å²) in [5, 5.41) is 8.93. The first-order chi connectivity index (χ1) is 11.7. The smallest absolute Gasteiger partial charge is 0.137 e. The second kappa shape index (κ2) is 7.43. The summed E-state index contributed by atoms with van der Waals surface area (Å²) in [4.78, 5) is 8.81. The van der Waals surface area contributed by atoms with Crippen LogP contribution in [0, 0.1) is 5.92 Å². The van der Waals surface area contributed by atoms with Gasteiger partial charge in [0.2, 0.25) is 0 Å². The Morgan fingerprint density at radius 3 is 2.83 bits per heavy atom. The third-order valence-electron chi connectivity index (χ3n) is 4.07. The van der Waals surface area contributed by atoms with E-state index in [-0.39, 0.29) is 0 Å². The lowest BCUT2D eigenvalue weighted by molar-refractivity contribution is 0.603. The van der Waals surface area contributed by atoms with E-state index in [1.54, 1.807) is 6.33 Å². The number of nitrogens with one attached hydrogen (secondary N) is 1. The topological polar surface area (TPSA) is 55.6 Å². The zero-order chi connectivity index (χ0) is 16.9. The molecule has 126 valence electrons. The van der Waals surface area contributed by atoms with E-state index in [1.165, 1.54) is 0 Å². The number of hydrogen-bond acceptors (Lipinski definition) is 4. The molecule has 2 aromatic heterocycles. The molecule has 5 heteroatoms. The van der Waals surface area contributed by atoms with Crippen molar-refractivity contribution in [2.24, 2.45) is 5.92 Å². The molecule has 0 amide bonds. The summed E-state index contributed by atoms with van der Waals surface area (Å²) >= 11 is 0. The van der Waals surface area contributed by atoms with Crippen molar-refractivity contribution in [1.82, 2.24) is 19.7 Å². The molecule has 0 radical (unpaired) electrons. The first kappa shape index (κ1) is 16.4. The third kappa shape index (κ3) is 3.72. The van der Waals surface area contributed by atoms with Crippen molar-refractivity contribution in [2.75, 3.05) is 11.9 Å². The molecule has 2 heterocycles. The molecule has 0 bridgehead atoms. The zero-order valence-corrected chi connectivity index (χ0v) is 14.7. The SMILES string of the molecule is CCCn1cc(-c2ccc3ncnc(NCCC(C)C)c3c2)cn1. The molecular weight excluding hydrogens is 298 g/mol. The van der Waals surface area contributed by atoms with E-state index in [0.717, 1.165) is 53.8 Å². The van der Waals surface area contributed by atoms with Gasteiger partial charge >= 0.3 is 0 Å². The highest BCUT2D eigenvalue weighted by Crippen LogP contribution is 2.26. The van der Waals surface area contributed by atoms with Crippen molar-refractivity contribution in [1.29, 1.82) is 0 Å². The van der Waals surface area contributed by atoms with Gasteiger partial charge in [0.25, 0.3) is 0 Å². The van der Waals surface area contributed by atoms with E-state index in [4.69, 9.17) is 0 Å². The number of aryl methyl sites for hydroxylation is 1. The summed E-state index contributed by atoms with van der Waals surface area (Å²) in [6.07, 6.45) is 7.84. The van der Waals surface area contributed by atoms with Gasteiger partial charge in [0.15, 0.2) is 0 Å². The Balaban J connectivity index is 1.90. The maximum Gasteiger partial charge on any atom is 0.137 e. The monoisotopic (exact) mass is 323 g/mol. The average Bonchev–Trinajstić information content (AvgIpc) is 3.03. The Labute approximate surface area is 143 Å². The van der Waals surface area contributed by atoms with Gasteiger partial charge in [-0.05, 0) is 36.5 Å². The number of hydrogen-bond donors (Lipinski definition) is 1. The van der Waals surface area contributed by atoms with Gasteiger partial charge in [0.1, 0.15) is 12.1 Å². The molecule has 1 N–H and O–H groups in total. The first-order valence-corrected chi connectivity index (χ1v) is 8.69. The van der Waals surface area contributed by atoms with Gasteiger partial charge in [0.05, 0.1) is 11.7 Å². The maximum absolute atomic E-state index is 4.43. The minimum absolute atomic E-state index is 0.672. The fourth-order valence-electron chi connectivity index (χ4n) is 2.72. The van der Waals surface area contributed by atoms with Gasteiger partial charge in [-0.15, -0.1) is 0 Å². The van der Waals surface area contributed by atoms with Crippen molar-refractivity contribution in [3.63, 3.8) is 0 Å². The average molecular weight is 323 g/mol. The van der Waals surface area contributed by atoms with Crippen LogP contribution in [0.2, 0.25) is 0 Å². The van der Waals surface area contributed by atoms with Gasteiger partial charge in [-0.3, -0.25) is 4.68 Å². The van der Waals surface area contributed by atoms with Gasteiger partial charge < -0.3 is 5.32 Å². The van der Waals surface area contributed by atoms with Crippen molar-refractivity contribution >= 4 is 16.7 Å². The predicted octanol–water partition coefficient (Wildman–Crippen LogP) is 4.36. The Bertz CT molecular complexity index is 806. The quantitative estimate of drug-likeness (QED) is 0.702. The second-order valence-corrected chi connectivity index (χ2v) is 6.56. The first-order valence-electron chi connectivity index (χ1n) is 8.69. The van der Waals surface area contributed by atoms with Crippen molar-refractivity contribution in [3.8, 4) is 11.1 Å². The molecule has 0 aliphatic rings. The largest absolute Gasteiger partial charge is 0.369 e. The Kier molecular flexibility index (Phi) is 5.08. The number of anilines is 1. The Hall–Kier alpha value is -2.43. The lowest BCUT2D eigenvalue weighted by atomic mass is 10.1. The summed E-state index contributed by atoms with van der Waals surface area (Å²) in [7, 11) is 0. The predicted molar refractivity (Wildman–Crippen MR) is 99.0 cm³/mol. The van der Waals surface area contributed by atoms with Crippen LogP contribution >= 0.6 is 0 Å². The minimum atomic E-state index is 0.672. The van der Waals surface area contributed by atoms with E-state index >= 15 is 0 Å². The van der Waals surface area contributed by atoms with Gasteiger partial charge in [-0.1, -0.05) is 26.8 Å². The van der Waals surface area contributed by atoms with Crippen LogP contribution in [0.25, 0.3) is 22.0 Å². The highest BCUT2D eigenvalue weighted by atomic mass is 15.3. The van der Waals surface area contributed by atoms with Crippen molar-refractivity contribution in [2.45, 2.75) is 40.2 Å². The van der Waals surface area contributed by atoms with Crippen LogP contribution in [0.4, 0.5) is 5.82 Å². The van der Waals surface area contributed by atoms with Crippen LogP contribution in [0.15, 0.2) is 36.9 Å². The standard InChI is InChI=1S/C19H25N5/c1-4-9-24-12-16(11-23-24)15-5-6-18-17(10-15)19(22-13-21-18)20-8-7-14(2)3/h5-6,10-14H,4,7-9H2,1-3H3,(H,20,21,22). The molecule has 0 saturated heterocycles. The van der Waals surface area contributed by atoms with E-state index in [2.05, 4.69) is 65.6 Å². The molecular formula is C19H25N5. The number of rotatable bonds is 7. The summed E-state index contributed by atoms with van der Waals surface area (Å²) in [6, 6.07) is 6.30. The minimum Gasteiger partial charge on any atom is -0.369 e. The molecule has 0 fully saturated rings. The highest BCUT2D eigenvalue weighted by Gasteiger charge is 2.08. The molecule has 0 unspecified atom stereocenters. The molecule has 5 nitrogen and oxygen atoms in total. The van der Waals surface area contributed by atoms with E-state index in [0.29, 0.717) is 5.92 Å². The zero-order valence-electron chi connectivity index (χ0n) is 14.7. The lowest BCUT2D eigenvalue weighted by Crippen LogP contribution is -2.06. The summed E-state index contributed by atoms with van der Waals surface area (Å²) in [5.74, 6) is 1.58. The fourth-order valence-corrected chi connectivity index (χ4v) is 2.72. The number of fused-ring (bicyclic) bond motifs is 1. The van der Waals surface area contributed by atoms with Crippen molar-refractivity contribution < 1.29 is 0 Å². The Morgan fingerprint density at radius 2 is 2.04 bits per heavy atom. The van der Waals surface area contributed by atoms with Crippen molar-refractivity contribution in [3.05, 3.63) is 36.9 Å². The van der Waals surface area contributed by atoms with Gasteiger partial charge in [0, 0.05) is 30.2 Å². The van der Waals surface area contributed by atoms with E-state index in [1.807, 2.05) is 10.9 Å². The molecule has 1 aromatic carbocycles. The van der Waals surface area contributed by atoms with Crippen LogP contribution in [0.3, 0.4) is 0 Å². The van der Waals surface area contributed by atoms with Crippen LogP contribution in [-0.2, 0) is 6.54 Å². The number of aromatic nitrogens is 4. The third-order valence-corrected chi connectivity index (χ3v) is 4.07. The molecule has 24 heavy (non-hydrogen) atoms. The van der Waals surface area contributed by atoms with Gasteiger partial charge in [-0.2, -0.15) is 5.10 Å². The molecule has 0 aliphatic heterocycles. The number of nitrogens with zero attached hydrogens (tertiary/aromatic N) is 4. The second-order valence-electron chi connectivity index (χ2n) is 6.56. The van der Waals surface area contributed by atoms with Gasteiger partial charge in [-0.25, -0.2) is 9.97 Å². The highest BCUT2D eigenvalue weighted by molar-refractivity contribution is 5.92. The summed E-state index contributed by atoms with van der Waals surface area (Å²) < 4.78 is 1.99. The van der Waals surface area contributed by atoms with E-state index < -0.39 is 0 Å². The summed E-state index contributed by atoms with van der Waals surface area (Å²) in [6.45, 7) is 8.47. The Morgan fingerprint density at radius 1 is 1.17 bits per heavy atom. The van der Waals surface area contributed by atoms with Crippen LogP contribution < -0.4 is 5.32 Å². The molecule has 3 rings (SSSR count). The molecule has 0 atom stereocenters. The van der Waals surface area contributed by atoms with Crippen LogP contribution in [0.1, 0.15) is 33.6 Å². The molecule has 0 aliphatic carbocycles. The fraction of sp³-hybridized carbons (Fsp3) is 0.421.